The molecule has 160 valence electrons. The van der Waals surface area contributed by atoms with Gasteiger partial charge in [-0.2, -0.15) is 0 Å². The van der Waals surface area contributed by atoms with E-state index in [9.17, 15) is 0 Å². The van der Waals surface area contributed by atoms with Crippen LogP contribution >= 0.6 is 0 Å². The molecule has 3 heterocycles. The van der Waals surface area contributed by atoms with E-state index in [4.69, 9.17) is 4.98 Å². The molecule has 0 spiro atoms. The normalized spacial score (nSPS) is 23.9. The molecular weight excluding hydrogens is 370 g/mol. The number of anilines is 1. The minimum Gasteiger partial charge on any atom is -0.369 e. The number of piperazine rings is 1. The van der Waals surface area contributed by atoms with Crippen molar-refractivity contribution in [3.05, 3.63) is 58.4 Å². The van der Waals surface area contributed by atoms with Crippen LogP contribution in [0.25, 0.3) is 0 Å². The molecule has 3 aliphatic rings. The SMILES string of the molecule is Cc1cnc2c(c1)CCC[C@@H]2N(C)C[C@H]1Cc2c(cccc2N2CCNCC2)CN1. The van der Waals surface area contributed by atoms with E-state index in [1.54, 1.807) is 5.56 Å². The lowest BCUT2D eigenvalue weighted by atomic mass is 9.89. The lowest BCUT2D eigenvalue weighted by molar-refractivity contribution is 0.191. The van der Waals surface area contributed by atoms with Gasteiger partial charge in [0.05, 0.1) is 11.7 Å². The van der Waals surface area contributed by atoms with Gasteiger partial charge in [0.2, 0.25) is 0 Å². The zero-order valence-electron chi connectivity index (χ0n) is 18.5. The first-order valence-electron chi connectivity index (χ1n) is 11.6. The topological polar surface area (TPSA) is 43.4 Å². The number of nitrogens with zero attached hydrogens (tertiary/aromatic N) is 3. The Hall–Kier alpha value is -1.95. The van der Waals surface area contributed by atoms with Gasteiger partial charge in [-0.15, -0.1) is 0 Å². The number of likely N-dealkylation sites (N-methyl/N-ethyl adjacent to an activating group) is 1. The molecular formula is C25H35N5. The van der Waals surface area contributed by atoms with Crippen molar-refractivity contribution in [2.24, 2.45) is 0 Å². The molecule has 2 N–H and O–H groups in total. The van der Waals surface area contributed by atoms with Gasteiger partial charge >= 0.3 is 0 Å². The number of fused-ring (bicyclic) bond motifs is 2. The molecule has 0 bridgehead atoms. The van der Waals surface area contributed by atoms with Crippen LogP contribution in [-0.4, -0.2) is 55.7 Å². The molecule has 1 fully saturated rings. The first-order chi connectivity index (χ1) is 14.7. The Morgan fingerprint density at radius 3 is 2.93 bits per heavy atom. The molecule has 0 amide bonds. The van der Waals surface area contributed by atoms with Gasteiger partial charge < -0.3 is 15.5 Å². The minimum atomic E-state index is 0.445. The summed E-state index contributed by atoms with van der Waals surface area (Å²) >= 11 is 0. The quantitative estimate of drug-likeness (QED) is 0.819. The van der Waals surface area contributed by atoms with Crippen molar-refractivity contribution in [1.29, 1.82) is 0 Å². The summed E-state index contributed by atoms with van der Waals surface area (Å²) < 4.78 is 0. The third kappa shape index (κ3) is 3.98. The van der Waals surface area contributed by atoms with Crippen LogP contribution in [-0.2, 0) is 19.4 Å². The predicted molar refractivity (Wildman–Crippen MR) is 123 cm³/mol. The second-order valence-corrected chi connectivity index (χ2v) is 9.34. The van der Waals surface area contributed by atoms with Crippen LogP contribution in [0.5, 0.6) is 0 Å². The summed E-state index contributed by atoms with van der Waals surface area (Å²) in [4.78, 5) is 9.98. The molecule has 1 aromatic heterocycles. The first kappa shape index (κ1) is 20.0. The van der Waals surface area contributed by atoms with Crippen molar-refractivity contribution in [2.75, 3.05) is 44.7 Å². The molecule has 5 rings (SSSR count). The highest BCUT2D eigenvalue weighted by atomic mass is 15.2. The fourth-order valence-electron chi connectivity index (χ4n) is 5.59. The van der Waals surface area contributed by atoms with E-state index in [1.165, 1.54) is 47.3 Å². The number of hydrogen-bond acceptors (Lipinski definition) is 5. The minimum absolute atomic E-state index is 0.445. The molecule has 1 aliphatic carbocycles. The molecule has 2 aromatic rings. The zero-order valence-corrected chi connectivity index (χ0v) is 18.5. The van der Waals surface area contributed by atoms with Crippen LogP contribution in [0.2, 0.25) is 0 Å². The van der Waals surface area contributed by atoms with E-state index in [0.29, 0.717) is 12.1 Å². The van der Waals surface area contributed by atoms with Gasteiger partial charge in [0, 0.05) is 57.2 Å². The lowest BCUT2D eigenvalue weighted by Crippen LogP contribution is -2.47. The van der Waals surface area contributed by atoms with Gasteiger partial charge in [-0.1, -0.05) is 18.2 Å². The van der Waals surface area contributed by atoms with Gasteiger partial charge in [-0.3, -0.25) is 9.88 Å². The van der Waals surface area contributed by atoms with E-state index >= 15 is 0 Å². The summed E-state index contributed by atoms with van der Waals surface area (Å²) in [6.45, 7) is 8.58. The van der Waals surface area contributed by atoms with Crippen LogP contribution in [0.4, 0.5) is 5.69 Å². The fourth-order valence-corrected chi connectivity index (χ4v) is 5.59. The highest BCUT2D eigenvalue weighted by Gasteiger charge is 2.29. The summed E-state index contributed by atoms with van der Waals surface area (Å²) in [7, 11) is 2.29. The number of nitrogens with one attached hydrogen (secondary N) is 2. The second kappa shape index (κ2) is 8.66. The third-order valence-corrected chi connectivity index (χ3v) is 7.16. The van der Waals surface area contributed by atoms with Crippen molar-refractivity contribution in [2.45, 2.75) is 51.2 Å². The van der Waals surface area contributed by atoms with Crippen molar-refractivity contribution in [1.82, 2.24) is 20.5 Å². The Labute approximate surface area is 180 Å². The number of rotatable bonds is 4. The maximum absolute atomic E-state index is 4.85. The Morgan fingerprint density at radius 2 is 2.07 bits per heavy atom. The predicted octanol–water partition coefficient (Wildman–Crippen LogP) is 2.82. The second-order valence-electron chi connectivity index (χ2n) is 9.34. The molecule has 0 radical (unpaired) electrons. The zero-order chi connectivity index (χ0) is 20.5. The number of hydrogen-bond donors (Lipinski definition) is 2. The maximum Gasteiger partial charge on any atom is 0.0607 e. The van der Waals surface area contributed by atoms with Crippen LogP contribution in [0, 0.1) is 6.92 Å². The molecule has 2 atom stereocenters. The Balaban J connectivity index is 1.31. The highest BCUT2D eigenvalue weighted by Crippen LogP contribution is 2.34. The van der Waals surface area contributed by atoms with Gasteiger partial charge in [0.1, 0.15) is 0 Å². The first-order valence-corrected chi connectivity index (χ1v) is 11.6. The van der Waals surface area contributed by atoms with Crippen LogP contribution in [0.3, 0.4) is 0 Å². The largest absolute Gasteiger partial charge is 0.369 e. The van der Waals surface area contributed by atoms with Crippen molar-refractivity contribution in [3.63, 3.8) is 0 Å². The van der Waals surface area contributed by atoms with E-state index in [0.717, 1.165) is 45.7 Å². The van der Waals surface area contributed by atoms with Gasteiger partial charge in [-0.25, -0.2) is 0 Å². The molecule has 5 nitrogen and oxygen atoms in total. The summed E-state index contributed by atoms with van der Waals surface area (Å²) in [6.07, 6.45) is 6.81. The molecule has 30 heavy (non-hydrogen) atoms. The molecule has 0 unspecified atom stereocenters. The van der Waals surface area contributed by atoms with Crippen molar-refractivity contribution >= 4 is 5.69 Å². The molecule has 2 aliphatic heterocycles. The van der Waals surface area contributed by atoms with Crippen LogP contribution < -0.4 is 15.5 Å². The number of aryl methyl sites for hydroxylation is 2. The van der Waals surface area contributed by atoms with E-state index in [1.807, 2.05) is 6.20 Å². The Kier molecular flexibility index (Phi) is 5.77. The van der Waals surface area contributed by atoms with E-state index < -0.39 is 0 Å². The third-order valence-electron chi connectivity index (χ3n) is 7.16. The number of pyridine rings is 1. The standard InChI is InChI=1S/C25H35N5/c1-18-13-19-5-3-8-24(25(19)28-15-18)29(2)17-21-14-22-20(16-27-21)6-4-7-23(22)30-11-9-26-10-12-30/h4,6-7,13,15,21,24,26-27H,3,5,8-12,14,16-17H2,1-2H3/t21-,24+/m1/s1. The van der Waals surface area contributed by atoms with Gasteiger partial charge in [0.15, 0.2) is 0 Å². The van der Waals surface area contributed by atoms with Crippen LogP contribution in [0.15, 0.2) is 30.5 Å². The van der Waals surface area contributed by atoms with Crippen LogP contribution in [0.1, 0.15) is 46.8 Å². The molecule has 1 aromatic carbocycles. The average Bonchev–Trinajstić information content (AvgIpc) is 2.78. The molecule has 1 saturated heterocycles. The monoisotopic (exact) mass is 405 g/mol. The lowest BCUT2D eigenvalue weighted by Gasteiger charge is -2.38. The van der Waals surface area contributed by atoms with Gasteiger partial charge in [-0.05, 0) is 68.0 Å². The van der Waals surface area contributed by atoms with E-state index in [-0.39, 0.29) is 0 Å². The smallest absolute Gasteiger partial charge is 0.0607 e. The summed E-state index contributed by atoms with van der Waals surface area (Å²) in [6, 6.07) is 10.1. The summed E-state index contributed by atoms with van der Waals surface area (Å²) in [5, 5.41) is 7.30. The van der Waals surface area contributed by atoms with Gasteiger partial charge in [0.25, 0.3) is 0 Å². The Morgan fingerprint density at radius 1 is 1.20 bits per heavy atom. The Bertz CT molecular complexity index is 889. The summed E-state index contributed by atoms with van der Waals surface area (Å²) in [5.74, 6) is 0. The number of aromatic nitrogens is 1. The summed E-state index contributed by atoms with van der Waals surface area (Å²) in [5.41, 5.74) is 8.55. The highest BCUT2D eigenvalue weighted by molar-refractivity contribution is 5.58. The maximum atomic E-state index is 4.85. The molecule has 5 heteroatoms. The number of benzene rings is 1. The fraction of sp³-hybridized carbons (Fsp3) is 0.560. The van der Waals surface area contributed by atoms with Crippen molar-refractivity contribution < 1.29 is 0 Å². The van der Waals surface area contributed by atoms with Crippen molar-refractivity contribution in [3.8, 4) is 0 Å². The average molecular weight is 406 g/mol. The van der Waals surface area contributed by atoms with E-state index in [2.05, 4.69) is 58.7 Å². The molecule has 0 saturated carbocycles.